The lowest BCUT2D eigenvalue weighted by Gasteiger charge is -2.08. The van der Waals surface area contributed by atoms with Crippen LogP contribution in [0.3, 0.4) is 0 Å². The standard InChI is InChI=1S/C22H23N7O/c1-29-15-16(18-6-2-3-7-19(18)29)13-22(30)25-12-11-24-20-8-9-21(28-27-20)26-17-5-4-10-23-14-17/h2-10,14-15H,11-13H2,1H3,(H,24,27)(H,25,30)(H,26,28). The number of amides is 1. The number of para-hydroxylation sites is 1. The molecule has 3 aromatic heterocycles. The van der Waals surface area contributed by atoms with Crippen LogP contribution in [-0.2, 0) is 18.3 Å². The van der Waals surface area contributed by atoms with Crippen LogP contribution < -0.4 is 16.0 Å². The van der Waals surface area contributed by atoms with Gasteiger partial charge in [0.15, 0.2) is 5.82 Å². The largest absolute Gasteiger partial charge is 0.367 e. The van der Waals surface area contributed by atoms with E-state index in [4.69, 9.17) is 0 Å². The Hall–Kier alpha value is -3.94. The Morgan fingerprint density at radius 2 is 1.83 bits per heavy atom. The molecule has 8 heteroatoms. The number of nitrogens with one attached hydrogen (secondary N) is 3. The topological polar surface area (TPSA) is 96.8 Å². The third kappa shape index (κ3) is 4.72. The van der Waals surface area contributed by atoms with Gasteiger partial charge < -0.3 is 20.5 Å². The molecule has 0 aliphatic heterocycles. The van der Waals surface area contributed by atoms with Gasteiger partial charge in [-0.3, -0.25) is 9.78 Å². The molecule has 3 heterocycles. The highest BCUT2D eigenvalue weighted by Gasteiger charge is 2.10. The number of carbonyl (C=O) groups excluding carboxylic acids is 1. The molecular formula is C22H23N7O. The summed E-state index contributed by atoms with van der Waals surface area (Å²) in [6, 6.07) is 15.5. The van der Waals surface area contributed by atoms with E-state index in [0.29, 0.717) is 31.1 Å². The number of carbonyl (C=O) groups is 1. The summed E-state index contributed by atoms with van der Waals surface area (Å²) in [6.07, 6.45) is 5.80. The van der Waals surface area contributed by atoms with Crippen molar-refractivity contribution in [2.24, 2.45) is 7.05 Å². The molecule has 30 heavy (non-hydrogen) atoms. The molecule has 4 aromatic rings. The smallest absolute Gasteiger partial charge is 0.224 e. The van der Waals surface area contributed by atoms with E-state index in [0.717, 1.165) is 22.2 Å². The number of fused-ring (bicyclic) bond motifs is 1. The summed E-state index contributed by atoms with van der Waals surface area (Å²) >= 11 is 0. The van der Waals surface area contributed by atoms with E-state index in [-0.39, 0.29) is 5.91 Å². The minimum absolute atomic E-state index is 0.00439. The number of rotatable bonds is 8. The third-order valence-electron chi connectivity index (χ3n) is 4.68. The van der Waals surface area contributed by atoms with Crippen molar-refractivity contribution < 1.29 is 4.79 Å². The highest BCUT2D eigenvalue weighted by Crippen LogP contribution is 2.20. The zero-order valence-corrected chi connectivity index (χ0v) is 16.7. The molecule has 1 aromatic carbocycles. The molecule has 1 amide bonds. The number of aryl methyl sites for hydroxylation is 1. The van der Waals surface area contributed by atoms with Gasteiger partial charge in [0.1, 0.15) is 5.82 Å². The molecule has 3 N–H and O–H groups in total. The van der Waals surface area contributed by atoms with E-state index in [9.17, 15) is 4.79 Å². The number of nitrogens with zero attached hydrogens (tertiary/aromatic N) is 4. The zero-order valence-electron chi connectivity index (χ0n) is 16.7. The van der Waals surface area contributed by atoms with Crippen LogP contribution in [0.15, 0.2) is 67.1 Å². The van der Waals surface area contributed by atoms with Gasteiger partial charge in [-0.15, -0.1) is 10.2 Å². The molecule has 8 nitrogen and oxygen atoms in total. The highest BCUT2D eigenvalue weighted by atomic mass is 16.1. The van der Waals surface area contributed by atoms with Crippen LogP contribution in [0.5, 0.6) is 0 Å². The predicted molar refractivity (Wildman–Crippen MR) is 118 cm³/mol. The Bertz CT molecular complexity index is 1120. The van der Waals surface area contributed by atoms with Crippen molar-refractivity contribution in [2.75, 3.05) is 23.7 Å². The second kappa shape index (κ2) is 9.04. The average molecular weight is 401 g/mol. The SMILES string of the molecule is Cn1cc(CC(=O)NCCNc2ccc(Nc3cccnc3)nn2)c2ccccc21. The summed E-state index contributed by atoms with van der Waals surface area (Å²) in [5.74, 6) is 1.28. The molecule has 0 saturated carbocycles. The monoisotopic (exact) mass is 401 g/mol. The van der Waals surface area contributed by atoms with Crippen LogP contribution in [-0.4, -0.2) is 38.7 Å². The maximum atomic E-state index is 12.3. The summed E-state index contributed by atoms with van der Waals surface area (Å²) < 4.78 is 2.05. The lowest BCUT2D eigenvalue weighted by molar-refractivity contribution is -0.120. The molecule has 0 saturated heterocycles. The third-order valence-corrected chi connectivity index (χ3v) is 4.68. The van der Waals surface area contributed by atoms with Crippen molar-refractivity contribution in [1.29, 1.82) is 0 Å². The first-order valence-corrected chi connectivity index (χ1v) is 9.73. The van der Waals surface area contributed by atoms with Gasteiger partial charge in [0.25, 0.3) is 0 Å². The van der Waals surface area contributed by atoms with Gasteiger partial charge in [-0.05, 0) is 35.9 Å². The van der Waals surface area contributed by atoms with Crippen LogP contribution in [0.1, 0.15) is 5.56 Å². The van der Waals surface area contributed by atoms with Gasteiger partial charge in [0, 0.05) is 43.4 Å². The van der Waals surface area contributed by atoms with Gasteiger partial charge in [0.2, 0.25) is 5.91 Å². The summed E-state index contributed by atoms with van der Waals surface area (Å²) in [5, 5.41) is 18.6. The Morgan fingerprint density at radius 3 is 2.63 bits per heavy atom. The fourth-order valence-corrected chi connectivity index (χ4v) is 3.27. The summed E-state index contributed by atoms with van der Waals surface area (Å²) in [7, 11) is 1.99. The van der Waals surface area contributed by atoms with Gasteiger partial charge in [-0.1, -0.05) is 18.2 Å². The highest BCUT2D eigenvalue weighted by molar-refractivity contribution is 5.89. The van der Waals surface area contributed by atoms with Crippen LogP contribution in [0.2, 0.25) is 0 Å². The van der Waals surface area contributed by atoms with Gasteiger partial charge in [-0.25, -0.2) is 0 Å². The van der Waals surface area contributed by atoms with Gasteiger partial charge in [0.05, 0.1) is 18.3 Å². The molecule has 4 rings (SSSR count). The maximum absolute atomic E-state index is 12.3. The number of hydrogen-bond acceptors (Lipinski definition) is 6. The molecule has 152 valence electrons. The van der Waals surface area contributed by atoms with E-state index in [1.54, 1.807) is 12.4 Å². The van der Waals surface area contributed by atoms with Crippen LogP contribution in [0, 0.1) is 0 Å². The van der Waals surface area contributed by atoms with Gasteiger partial charge >= 0.3 is 0 Å². The summed E-state index contributed by atoms with van der Waals surface area (Å²) in [4.78, 5) is 16.4. The van der Waals surface area contributed by atoms with E-state index in [1.807, 2.05) is 60.3 Å². The number of pyridine rings is 1. The van der Waals surface area contributed by atoms with Crippen LogP contribution in [0.25, 0.3) is 10.9 Å². The zero-order chi connectivity index (χ0) is 20.8. The van der Waals surface area contributed by atoms with Crippen molar-refractivity contribution >= 4 is 34.1 Å². The van der Waals surface area contributed by atoms with E-state index >= 15 is 0 Å². The number of benzene rings is 1. The number of hydrogen-bond donors (Lipinski definition) is 3. The normalized spacial score (nSPS) is 10.7. The molecule has 0 bridgehead atoms. The number of anilines is 3. The first-order chi connectivity index (χ1) is 14.7. The molecule has 0 unspecified atom stereocenters. The average Bonchev–Trinajstić information content (AvgIpc) is 3.09. The quantitative estimate of drug-likeness (QED) is 0.393. The Kier molecular flexibility index (Phi) is 5.84. The second-order valence-corrected chi connectivity index (χ2v) is 6.91. The van der Waals surface area contributed by atoms with Crippen molar-refractivity contribution in [2.45, 2.75) is 6.42 Å². The molecule has 0 aliphatic rings. The minimum Gasteiger partial charge on any atom is -0.367 e. The lowest BCUT2D eigenvalue weighted by atomic mass is 10.1. The van der Waals surface area contributed by atoms with Gasteiger partial charge in [-0.2, -0.15) is 0 Å². The van der Waals surface area contributed by atoms with Crippen LogP contribution >= 0.6 is 0 Å². The van der Waals surface area contributed by atoms with Crippen molar-refractivity contribution in [3.05, 3.63) is 72.7 Å². The predicted octanol–water partition coefficient (Wildman–Crippen LogP) is 2.88. The Labute approximate surface area is 174 Å². The lowest BCUT2D eigenvalue weighted by Crippen LogP contribution is -2.30. The van der Waals surface area contributed by atoms with Crippen molar-refractivity contribution in [1.82, 2.24) is 25.1 Å². The fourth-order valence-electron chi connectivity index (χ4n) is 3.27. The molecule has 0 radical (unpaired) electrons. The minimum atomic E-state index is -0.00439. The van der Waals surface area contributed by atoms with E-state index in [2.05, 4.69) is 37.2 Å². The van der Waals surface area contributed by atoms with E-state index in [1.165, 1.54) is 0 Å². The molecule has 0 atom stereocenters. The first kappa shape index (κ1) is 19.4. The second-order valence-electron chi connectivity index (χ2n) is 6.91. The number of aromatic nitrogens is 4. The first-order valence-electron chi connectivity index (χ1n) is 9.73. The fraction of sp³-hybridized carbons (Fsp3) is 0.182. The Balaban J connectivity index is 1.22. The van der Waals surface area contributed by atoms with Crippen molar-refractivity contribution in [3.63, 3.8) is 0 Å². The summed E-state index contributed by atoms with van der Waals surface area (Å²) in [5.41, 5.74) is 3.00. The molecule has 0 fully saturated rings. The summed E-state index contributed by atoms with van der Waals surface area (Å²) in [6.45, 7) is 1.06. The molecule has 0 spiro atoms. The molecule has 0 aliphatic carbocycles. The van der Waals surface area contributed by atoms with Crippen LogP contribution in [0.4, 0.5) is 17.3 Å². The maximum Gasteiger partial charge on any atom is 0.224 e. The van der Waals surface area contributed by atoms with Crippen molar-refractivity contribution in [3.8, 4) is 0 Å². The molecular weight excluding hydrogens is 378 g/mol. The van der Waals surface area contributed by atoms with E-state index < -0.39 is 0 Å². The Morgan fingerprint density at radius 1 is 1.00 bits per heavy atom.